The second-order valence-electron chi connectivity index (χ2n) is 4.99. The second kappa shape index (κ2) is 10.3. The first-order valence-electron chi connectivity index (χ1n) is 7.55. The van der Waals surface area contributed by atoms with Gasteiger partial charge in [0.2, 0.25) is 5.91 Å². The minimum atomic E-state index is -0.439. The molecule has 0 spiro atoms. The van der Waals surface area contributed by atoms with Crippen molar-refractivity contribution < 1.29 is 19.1 Å². The molecule has 24 heavy (non-hydrogen) atoms. The fourth-order valence-corrected chi connectivity index (χ4v) is 1.90. The summed E-state index contributed by atoms with van der Waals surface area (Å²) in [4.78, 5) is 34.9. The number of esters is 1. The van der Waals surface area contributed by atoms with E-state index < -0.39 is 11.9 Å². The summed E-state index contributed by atoms with van der Waals surface area (Å²) in [5.74, 6) is -1.24. The molecule has 1 aromatic carbocycles. The highest BCUT2D eigenvalue weighted by Crippen LogP contribution is 2.05. The van der Waals surface area contributed by atoms with Crippen LogP contribution in [0.2, 0.25) is 0 Å². The van der Waals surface area contributed by atoms with Gasteiger partial charge in [-0.2, -0.15) is 0 Å². The third-order valence-electron chi connectivity index (χ3n) is 2.96. The Kier molecular flexibility index (Phi) is 8.42. The van der Waals surface area contributed by atoms with E-state index in [1.54, 1.807) is 12.1 Å². The van der Waals surface area contributed by atoms with E-state index in [1.165, 1.54) is 0 Å². The third-order valence-corrected chi connectivity index (χ3v) is 3.16. The molecule has 0 aliphatic carbocycles. The van der Waals surface area contributed by atoms with Gasteiger partial charge < -0.3 is 10.1 Å². The maximum atomic E-state index is 12.0. The number of hydrogen-bond donors (Lipinski definition) is 3. The first kappa shape index (κ1) is 19.6. The van der Waals surface area contributed by atoms with Crippen LogP contribution in [0.5, 0.6) is 0 Å². The smallest absolute Gasteiger partial charge is 0.306 e. The molecule has 0 heterocycles. The first-order valence-corrected chi connectivity index (χ1v) is 7.96. The van der Waals surface area contributed by atoms with Crippen molar-refractivity contribution in [2.75, 3.05) is 6.61 Å². The van der Waals surface area contributed by atoms with Crippen molar-refractivity contribution in [2.45, 2.75) is 33.1 Å². The molecule has 0 aromatic heterocycles. The van der Waals surface area contributed by atoms with E-state index in [-0.39, 0.29) is 23.9 Å². The standard InChI is InChI=1S/C16H21N3O4S/c1-3-10-23-14(21)9-8-13(20)17-16(24)19-18-15(22)12-7-5-4-6-11(12)2/h4-7H,3,8-10H2,1-2H3,(H,18,22)(H2,17,19,20,24). The van der Waals surface area contributed by atoms with Crippen molar-refractivity contribution in [1.29, 1.82) is 0 Å². The van der Waals surface area contributed by atoms with Crippen LogP contribution >= 0.6 is 12.2 Å². The maximum Gasteiger partial charge on any atom is 0.306 e. The van der Waals surface area contributed by atoms with Gasteiger partial charge in [-0.3, -0.25) is 25.2 Å². The van der Waals surface area contributed by atoms with Crippen LogP contribution in [0.15, 0.2) is 24.3 Å². The molecule has 0 saturated carbocycles. The van der Waals surface area contributed by atoms with Crippen molar-refractivity contribution in [3.8, 4) is 0 Å². The zero-order valence-electron chi connectivity index (χ0n) is 13.7. The van der Waals surface area contributed by atoms with Crippen LogP contribution in [-0.2, 0) is 14.3 Å². The van der Waals surface area contributed by atoms with Crippen LogP contribution in [0.4, 0.5) is 0 Å². The Labute approximate surface area is 146 Å². The number of hydrogen-bond acceptors (Lipinski definition) is 5. The van der Waals surface area contributed by atoms with Crippen molar-refractivity contribution in [2.24, 2.45) is 0 Å². The van der Waals surface area contributed by atoms with Gasteiger partial charge in [-0.15, -0.1) is 0 Å². The Hall–Kier alpha value is -2.48. The minimum Gasteiger partial charge on any atom is -0.466 e. The molecule has 0 bridgehead atoms. The third kappa shape index (κ3) is 7.19. The molecule has 0 unspecified atom stereocenters. The highest BCUT2D eigenvalue weighted by molar-refractivity contribution is 7.80. The van der Waals surface area contributed by atoms with E-state index in [9.17, 15) is 14.4 Å². The number of benzene rings is 1. The summed E-state index contributed by atoms with van der Waals surface area (Å²) in [6.07, 6.45) is 0.659. The summed E-state index contributed by atoms with van der Waals surface area (Å²) < 4.78 is 4.86. The van der Waals surface area contributed by atoms with Gasteiger partial charge in [0, 0.05) is 12.0 Å². The fourth-order valence-electron chi connectivity index (χ4n) is 1.73. The zero-order chi connectivity index (χ0) is 17.9. The van der Waals surface area contributed by atoms with Crippen LogP contribution in [-0.4, -0.2) is 29.5 Å². The molecule has 0 aliphatic rings. The van der Waals surface area contributed by atoms with Gasteiger partial charge in [0.25, 0.3) is 5.91 Å². The van der Waals surface area contributed by atoms with E-state index in [0.29, 0.717) is 12.2 Å². The second-order valence-corrected chi connectivity index (χ2v) is 5.40. The van der Waals surface area contributed by atoms with Crippen molar-refractivity contribution in [3.63, 3.8) is 0 Å². The van der Waals surface area contributed by atoms with E-state index in [0.717, 1.165) is 12.0 Å². The fraction of sp³-hybridized carbons (Fsp3) is 0.375. The molecule has 2 amide bonds. The van der Waals surface area contributed by atoms with Gasteiger partial charge in [0.1, 0.15) is 0 Å². The summed E-state index contributed by atoms with van der Waals surface area (Å²) in [5, 5.41) is 2.32. The van der Waals surface area contributed by atoms with E-state index >= 15 is 0 Å². The van der Waals surface area contributed by atoms with E-state index in [2.05, 4.69) is 16.2 Å². The summed E-state index contributed by atoms with van der Waals surface area (Å²) in [5.41, 5.74) is 6.16. The molecule has 7 nitrogen and oxygen atoms in total. The largest absolute Gasteiger partial charge is 0.466 e. The number of hydrazine groups is 1. The number of ether oxygens (including phenoxy) is 1. The van der Waals surface area contributed by atoms with E-state index in [4.69, 9.17) is 17.0 Å². The van der Waals surface area contributed by atoms with Gasteiger partial charge >= 0.3 is 5.97 Å². The highest BCUT2D eigenvalue weighted by atomic mass is 32.1. The number of carbonyl (C=O) groups is 3. The number of rotatable bonds is 6. The lowest BCUT2D eigenvalue weighted by Crippen LogP contribution is -2.48. The van der Waals surface area contributed by atoms with Gasteiger partial charge in [0.15, 0.2) is 5.11 Å². The Bertz CT molecular complexity index is 619. The van der Waals surface area contributed by atoms with Crippen LogP contribution < -0.4 is 16.2 Å². The number of aryl methyl sites for hydroxylation is 1. The van der Waals surface area contributed by atoms with Crippen LogP contribution in [0.3, 0.4) is 0 Å². The Morgan fingerprint density at radius 2 is 1.83 bits per heavy atom. The number of thiocarbonyl (C=S) groups is 1. The first-order chi connectivity index (χ1) is 11.4. The molecular formula is C16H21N3O4S. The van der Waals surface area contributed by atoms with Crippen LogP contribution in [0.1, 0.15) is 42.1 Å². The van der Waals surface area contributed by atoms with Gasteiger partial charge in [-0.1, -0.05) is 25.1 Å². The summed E-state index contributed by atoms with van der Waals surface area (Å²) >= 11 is 4.91. The van der Waals surface area contributed by atoms with Gasteiger partial charge in [-0.05, 0) is 37.2 Å². The summed E-state index contributed by atoms with van der Waals surface area (Å²) in [6.45, 7) is 4.04. The highest BCUT2D eigenvalue weighted by Gasteiger charge is 2.11. The molecule has 3 N–H and O–H groups in total. The predicted molar refractivity (Wildman–Crippen MR) is 93.0 cm³/mol. The molecule has 0 atom stereocenters. The molecule has 1 rings (SSSR count). The maximum absolute atomic E-state index is 12.0. The molecule has 1 aromatic rings. The Morgan fingerprint density at radius 3 is 2.50 bits per heavy atom. The number of nitrogens with one attached hydrogen (secondary N) is 3. The van der Waals surface area contributed by atoms with Crippen LogP contribution in [0, 0.1) is 6.92 Å². The molecule has 0 aliphatic heterocycles. The molecule has 0 fully saturated rings. The average Bonchev–Trinajstić information content (AvgIpc) is 2.56. The number of amides is 2. The molecule has 0 radical (unpaired) electrons. The summed E-state index contributed by atoms with van der Waals surface area (Å²) in [7, 11) is 0. The van der Waals surface area contributed by atoms with Crippen molar-refractivity contribution in [1.82, 2.24) is 16.2 Å². The SMILES string of the molecule is CCCOC(=O)CCC(=O)NC(=S)NNC(=O)c1ccccc1C. The topological polar surface area (TPSA) is 96.5 Å². The lowest BCUT2D eigenvalue weighted by atomic mass is 10.1. The number of carbonyl (C=O) groups excluding carboxylic acids is 3. The van der Waals surface area contributed by atoms with E-state index in [1.807, 2.05) is 26.0 Å². The van der Waals surface area contributed by atoms with Crippen LogP contribution in [0.25, 0.3) is 0 Å². The van der Waals surface area contributed by atoms with Gasteiger partial charge in [-0.25, -0.2) is 0 Å². The van der Waals surface area contributed by atoms with Gasteiger partial charge in [0.05, 0.1) is 13.0 Å². The van der Waals surface area contributed by atoms with Crippen molar-refractivity contribution in [3.05, 3.63) is 35.4 Å². The lowest BCUT2D eigenvalue weighted by molar-refractivity contribution is -0.144. The molecule has 8 heteroatoms. The molecule has 0 saturated heterocycles. The average molecular weight is 351 g/mol. The molecule has 130 valence electrons. The monoisotopic (exact) mass is 351 g/mol. The Morgan fingerprint density at radius 1 is 1.12 bits per heavy atom. The zero-order valence-corrected chi connectivity index (χ0v) is 14.5. The quantitative estimate of drug-likeness (QED) is 0.407. The minimum absolute atomic E-state index is 0.0238. The predicted octanol–water partition coefficient (Wildman–Crippen LogP) is 1.36. The summed E-state index contributed by atoms with van der Waals surface area (Å²) in [6, 6.07) is 7.07. The normalized spacial score (nSPS) is 9.75. The molecular weight excluding hydrogens is 330 g/mol. The van der Waals surface area contributed by atoms with Crippen molar-refractivity contribution >= 4 is 35.1 Å². The Balaban J connectivity index is 2.31. The lowest BCUT2D eigenvalue weighted by Gasteiger charge is -2.11.